The summed E-state index contributed by atoms with van der Waals surface area (Å²) >= 11 is 0. The number of imidazole rings is 1. The van der Waals surface area contributed by atoms with Crippen molar-refractivity contribution in [2.45, 2.75) is 26.7 Å². The third-order valence-electron chi connectivity index (χ3n) is 3.49. The van der Waals surface area contributed by atoms with Crippen LogP contribution in [0.1, 0.15) is 33.1 Å². The van der Waals surface area contributed by atoms with Crippen LogP contribution in [0.3, 0.4) is 0 Å². The van der Waals surface area contributed by atoms with E-state index >= 15 is 0 Å². The summed E-state index contributed by atoms with van der Waals surface area (Å²) in [5, 5.41) is 9.25. The van der Waals surface area contributed by atoms with Crippen LogP contribution in [0, 0.1) is 13.8 Å². The van der Waals surface area contributed by atoms with Gasteiger partial charge in [-0.25, -0.2) is 9.78 Å². The predicted molar refractivity (Wildman–Crippen MR) is 73.5 cm³/mol. The predicted octanol–water partition coefficient (Wildman–Crippen LogP) is 2.52. The standard InChI is InChI=1S/C15H18N2O2/c1-10-6-4-5-7-12(10)8-9-13-14(15(18)19)17(3)11(2)16-13/h4-7H,8-9H2,1-3H3,(H,18,19). The number of aromatic nitrogens is 2. The van der Waals surface area contributed by atoms with Crippen LogP contribution in [-0.2, 0) is 19.9 Å². The quantitative estimate of drug-likeness (QED) is 0.916. The Hall–Kier alpha value is -2.10. The molecule has 0 spiro atoms. The van der Waals surface area contributed by atoms with E-state index in [1.165, 1.54) is 11.1 Å². The minimum Gasteiger partial charge on any atom is -0.477 e. The minimum atomic E-state index is -0.914. The number of rotatable bonds is 4. The van der Waals surface area contributed by atoms with Gasteiger partial charge in [-0.2, -0.15) is 0 Å². The number of carboxylic acids is 1. The van der Waals surface area contributed by atoms with E-state index in [4.69, 9.17) is 0 Å². The molecule has 0 saturated heterocycles. The molecule has 4 heteroatoms. The molecule has 1 aromatic carbocycles. The van der Waals surface area contributed by atoms with Gasteiger partial charge in [-0.1, -0.05) is 24.3 Å². The van der Waals surface area contributed by atoms with E-state index in [-0.39, 0.29) is 0 Å². The summed E-state index contributed by atoms with van der Waals surface area (Å²) in [7, 11) is 1.74. The van der Waals surface area contributed by atoms with Crippen LogP contribution >= 0.6 is 0 Å². The Morgan fingerprint density at radius 2 is 1.95 bits per heavy atom. The first kappa shape index (κ1) is 13.3. The summed E-state index contributed by atoms with van der Waals surface area (Å²) < 4.78 is 1.63. The first-order valence-corrected chi connectivity index (χ1v) is 6.30. The summed E-state index contributed by atoms with van der Waals surface area (Å²) in [6, 6.07) is 8.15. The molecule has 0 unspecified atom stereocenters. The minimum absolute atomic E-state index is 0.297. The molecule has 0 bridgehead atoms. The lowest BCUT2D eigenvalue weighted by Gasteiger charge is -2.05. The maximum atomic E-state index is 11.3. The van der Waals surface area contributed by atoms with Gasteiger partial charge in [0.05, 0.1) is 5.69 Å². The zero-order valence-corrected chi connectivity index (χ0v) is 11.5. The molecule has 0 amide bonds. The molecule has 1 heterocycles. The molecule has 2 aromatic rings. The lowest BCUT2D eigenvalue weighted by atomic mass is 10.0. The zero-order valence-electron chi connectivity index (χ0n) is 11.5. The molecule has 1 aromatic heterocycles. The fourth-order valence-electron chi connectivity index (χ4n) is 2.26. The van der Waals surface area contributed by atoms with Crippen LogP contribution in [0.5, 0.6) is 0 Å². The molecule has 2 rings (SSSR count). The highest BCUT2D eigenvalue weighted by Crippen LogP contribution is 2.15. The Morgan fingerprint density at radius 3 is 2.58 bits per heavy atom. The topological polar surface area (TPSA) is 55.1 Å². The van der Waals surface area contributed by atoms with Crippen molar-refractivity contribution in [1.82, 2.24) is 9.55 Å². The Kier molecular flexibility index (Phi) is 3.69. The Morgan fingerprint density at radius 1 is 1.26 bits per heavy atom. The third-order valence-corrected chi connectivity index (χ3v) is 3.49. The molecule has 100 valence electrons. The monoisotopic (exact) mass is 258 g/mol. The lowest BCUT2D eigenvalue weighted by molar-refractivity contribution is 0.0685. The van der Waals surface area contributed by atoms with Crippen molar-refractivity contribution < 1.29 is 9.90 Å². The average Bonchev–Trinajstić information content (AvgIpc) is 2.64. The first-order chi connectivity index (χ1) is 9.00. The van der Waals surface area contributed by atoms with Crippen molar-refractivity contribution in [3.63, 3.8) is 0 Å². The molecule has 1 N–H and O–H groups in total. The number of aryl methyl sites for hydroxylation is 4. The van der Waals surface area contributed by atoms with Crippen LogP contribution in [0.2, 0.25) is 0 Å². The van der Waals surface area contributed by atoms with Crippen LogP contribution < -0.4 is 0 Å². The van der Waals surface area contributed by atoms with E-state index in [2.05, 4.69) is 24.0 Å². The van der Waals surface area contributed by atoms with Gasteiger partial charge in [0.15, 0.2) is 0 Å². The Balaban J connectivity index is 2.23. The highest BCUT2D eigenvalue weighted by atomic mass is 16.4. The summed E-state index contributed by atoms with van der Waals surface area (Å²) in [5.41, 5.74) is 3.43. The second-order valence-corrected chi connectivity index (χ2v) is 4.74. The normalized spacial score (nSPS) is 10.7. The van der Waals surface area contributed by atoms with Gasteiger partial charge in [0.2, 0.25) is 0 Å². The van der Waals surface area contributed by atoms with Crippen LogP contribution in [0.25, 0.3) is 0 Å². The van der Waals surface area contributed by atoms with E-state index in [1.807, 2.05) is 19.1 Å². The largest absolute Gasteiger partial charge is 0.477 e. The van der Waals surface area contributed by atoms with Crippen molar-refractivity contribution in [1.29, 1.82) is 0 Å². The van der Waals surface area contributed by atoms with Crippen molar-refractivity contribution in [2.24, 2.45) is 7.05 Å². The maximum Gasteiger partial charge on any atom is 0.354 e. The van der Waals surface area contributed by atoms with Crippen LogP contribution in [0.4, 0.5) is 0 Å². The number of aromatic carboxylic acids is 1. The van der Waals surface area contributed by atoms with Gasteiger partial charge in [-0.3, -0.25) is 0 Å². The Bertz CT molecular complexity index is 615. The summed E-state index contributed by atoms with van der Waals surface area (Å²) in [6.07, 6.45) is 1.46. The number of carbonyl (C=O) groups is 1. The third kappa shape index (κ3) is 2.67. The fraction of sp³-hybridized carbons (Fsp3) is 0.333. The number of carboxylic acid groups (broad SMARTS) is 1. The van der Waals surface area contributed by atoms with Gasteiger partial charge in [0.25, 0.3) is 0 Å². The van der Waals surface area contributed by atoms with Gasteiger partial charge in [0, 0.05) is 7.05 Å². The molecular weight excluding hydrogens is 240 g/mol. The van der Waals surface area contributed by atoms with Crippen molar-refractivity contribution in [3.05, 3.63) is 52.6 Å². The molecule has 0 aliphatic heterocycles. The fourth-order valence-corrected chi connectivity index (χ4v) is 2.26. The molecule has 0 saturated carbocycles. The molecular formula is C15H18N2O2. The van der Waals surface area contributed by atoms with E-state index < -0.39 is 5.97 Å². The highest BCUT2D eigenvalue weighted by Gasteiger charge is 2.18. The first-order valence-electron chi connectivity index (χ1n) is 6.30. The molecule has 0 atom stereocenters. The smallest absolute Gasteiger partial charge is 0.354 e. The van der Waals surface area contributed by atoms with Crippen LogP contribution in [-0.4, -0.2) is 20.6 Å². The van der Waals surface area contributed by atoms with Crippen molar-refractivity contribution in [3.8, 4) is 0 Å². The van der Waals surface area contributed by atoms with E-state index in [0.29, 0.717) is 17.8 Å². The average molecular weight is 258 g/mol. The number of hydrogen-bond donors (Lipinski definition) is 1. The molecule has 4 nitrogen and oxygen atoms in total. The van der Waals surface area contributed by atoms with Crippen molar-refractivity contribution >= 4 is 5.97 Å². The molecule has 0 aliphatic carbocycles. The molecule has 0 fully saturated rings. The van der Waals surface area contributed by atoms with Gasteiger partial charge >= 0.3 is 5.97 Å². The Labute approximate surface area is 112 Å². The number of benzene rings is 1. The van der Waals surface area contributed by atoms with Gasteiger partial charge in [-0.05, 0) is 37.8 Å². The molecule has 19 heavy (non-hydrogen) atoms. The molecule has 0 radical (unpaired) electrons. The summed E-state index contributed by atoms with van der Waals surface area (Å²) in [4.78, 5) is 15.6. The van der Waals surface area contributed by atoms with Crippen LogP contribution in [0.15, 0.2) is 24.3 Å². The van der Waals surface area contributed by atoms with Gasteiger partial charge in [-0.15, -0.1) is 0 Å². The SMILES string of the molecule is Cc1ccccc1CCc1nc(C)n(C)c1C(=O)O. The van der Waals surface area contributed by atoms with Gasteiger partial charge < -0.3 is 9.67 Å². The molecule has 0 aliphatic rings. The number of nitrogens with zero attached hydrogens (tertiary/aromatic N) is 2. The lowest BCUT2D eigenvalue weighted by Crippen LogP contribution is -2.09. The maximum absolute atomic E-state index is 11.3. The summed E-state index contributed by atoms with van der Waals surface area (Å²) in [5.74, 6) is -0.180. The number of hydrogen-bond acceptors (Lipinski definition) is 2. The van der Waals surface area contributed by atoms with E-state index in [1.54, 1.807) is 11.6 Å². The summed E-state index contributed by atoms with van der Waals surface area (Å²) in [6.45, 7) is 3.89. The highest BCUT2D eigenvalue weighted by molar-refractivity contribution is 5.87. The van der Waals surface area contributed by atoms with E-state index in [0.717, 1.165) is 12.2 Å². The van der Waals surface area contributed by atoms with Gasteiger partial charge in [0.1, 0.15) is 11.5 Å². The van der Waals surface area contributed by atoms with E-state index in [9.17, 15) is 9.90 Å². The van der Waals surface area contributed by atoms with Crippen molar-refractivity contribution in [2.75, 3.05) is 0 Å². The zero-order chi connectivity index (χ0) is 14.0. The second-order valence-electron chi connectivity index (χ2n) is 4.74. The second kappa shape index (κ2) is 5.26.